The summed E-state index contributed by atoms with van der Waals surface area (Å²) in [6, 6.07) is 10.1. The summed E-state index contributed by atoms with van der Waals surface area (Å²) in [6.45, 7) is 1.62. The molecule has 2 aromatic heterocycles. The number of hydrogen-bond acceptors (Lipinski definition) is 16. The van der Waals surface area contributed by atoms with E-state index in [-0.39, 0.29) is 40.9 Å². The Balaban J connectivity index is 1.17. The number of anilines is 1. The van der Waals surface area contributed by atoms with Gasteiger partial charge in [-0.2, -0.15) is 0 Å². The van der Waals surface area contributed by atoms with Crippen molar-refractivity contribution in [3.63, 3.8) is 0 Å². The van der Waals surface area contributed by atoms with Crippen molar-refractivity contribution in [2.45, 2.75) is 48.2 Å². The van der Waals surface area contributed by atoms with Crippen molar-refractivity contribution < 1.29 is 39.0 Å². The number of nitrogens with zero attached hydrogens (tertiary/aromatic N) is 8. The molecule has 4 aromatic rings. The lowest BCUT2D eigenvalue weighted by atomic mass is 9.98. The number of aromatic amines is 1. The van der Waals surface area contributed by atoms with Crippen LogP contribution in [0.3, 0.4) is 0 Å². The second-order valence-corrected chi connectivity index (χ2v) is 15.4. The molecular weight excluding hydrogens is 795 g/mol. The molecule has 3 aliphatic heterocycles. The Kier molecular flexibility index (Phi) is 11.4. The number of aliphatic hydroxyl groups is 1. The first-order valence-electron chi connectivity index (χ1n) is 17.6. The maximum Gasteiger partial charge on any atom is 0.352 e. The summed E-state index contributed by atoms with van der Waals surface area (Å²) in [5.74, 6) is -4.92. The Morgan fingerprint density at radius 2 is 1.81 bits per heavy atom. The summed E-state index contributed by atoms with van der Waals surface area (Å²) in [6.07, 6.45) is -0.293. The number of aryl methyl sites for hydroxylation is 1. The molecule has 2 fully saturated rings. The number of aromatic nitrogens is 6. The SMILES string of the molecule is CC(=O)N(c1ccc(-c2ncc(C(=O)N(C(=O)C(N)c3ccccc3)C3C(=O)N4C(C(=O)O)=C(CSc5nnnn5C)CS[C@@H]34)c(=O)[nH]2)cc1)C(O)[C@H]1NCCC1=O. The monoisotopic (exact) mass is 829 g/mol. The minimum atomic E-state index is -1.52. The highest BCUT2D eigenvalue weighted by atomic mass is 32.2. The van der Waals surface area contributed by atoms with E-state index in [1.54, 1.807) is 37.4 Å². The summed E-state index contributed by atoms with van der Waals surface area (Å²) in [5.41, 5.74) is 5.85. The van der Waals surface area contributed by atoms with E-state index in [0.29, 0.717) is 33.3 Å². The zero-order valence-electron chi connectivity index (χ0n) is 30.7. The van der Waals surface area contributed by atoms with Gasteiger partial charge in [0.15, 0.2) is 12.0 Å². The van der Waals surface area contributed by atoms with Gasteiger partial charge in [-0.3, -0.25) is 43.5 Å². The molecule has 5 heterocycles. The smallest absolute Gasteiger partial charge is 0.352 e. The zero-order chi connectivity index (χ0) is 41.4. The highest BCUT2D eigenvalue weighted by molar-refractivity contribution is 8.01. The molecule has 20 nitrogen and oxygen atoms in total. The minimum absolute atomic E-state index is 0.00185. The molecule has 3 unspecified atom stereocenters. The number of imide groups is 1. The minimum Gasteiger partial charge on any atom is -0.477 e. The van der Waals surface area contributed by atoms with Gasteiger partial charge in [0, 0.05) is 55.9 Å². The predicted octanol–water partition coefficient (Wildman–Crippen LogP) is -0.354. The van der Waals surface area contributed by atoms with Crippen LogP contribution >= 0.6 is 23.5 Å². The van der Waals surface area contributed by atoms with Crippen LogP contribution in [0.1, 0.15) is 35.3 Å². The number of hydrogen-bond donors (Lipinski definition) is 5. The molecule has 0 aliphatic carbocycles. The first-order chi connectivity index (χ1) is 27.8. The van der Waals surface area contributed by atoms with E-state index in [0.717, 1.165) is 27.8 Å². The molecule has 7 rings (SSSR count). The number of aliphatic carboxylic acids is 1. The second-order valence-electron chi connectivity index (χ2n) is 13.4. The number of Topliss-reactive ketones (excluding diaryl/α,β-unsaturated/α-hetero) is 1. The third kappa shape index (κ3) is 7.42. The number of β-lactam (4-membered cyclic amide) rings is 1. The van der Waals surface area contributed by atoms with Crippen LogP contribution in [0.5, 0.6) is 0 Å². The average molecular weight is 830 g/mol. The normalized spacial score (nSPS) is 19.9. The molecule has 0 saturated carbocycles. The van der Waals surface area contributed by atoms with E-state index >= 15 is 0 Å². The van der Waals surface area contributed by atoms with Gasteiger partial charge in [-0.15, -0.1) is 16.9 Å². The predicted molar refractivity (Wildman–Crippen MR) is 206 cm³/mol. The molecule has 3 aliphatic rings. The van der Waals surface area contributed by atoms with Crippen molar-refractivity contribution in [3.05, 3.63) is 93.5 Å². The number of rotatable bonds is 12. The number of benzene rings is 2. The van der Waals surface area contributed by atoms with Gasteiger partial charge < -0.3 is 26.2 Å². The largest absolute Gasteiger partial charge is 0.477 e. The van der Waals surface area contributed by atoms with Gasteiger partial charge in [0.05, 0.1) is 0 Å². The van der Waals surface area contributed by atoms with Gasteiger partial charge >= 0.3 is 5.97 Å². The topological polar surface area (TPSA) is 280 Å². The highest BCUT2D eigenvalue weighted by Gasteiger charge is 2.59. The molecule has 300 valence electrons. The van der Waals surface area contributed by atoms with Crippen LogP contribution in [-0.2, 0) is 31.0 Å². The number of ketones is 1. The van der Waals surface area contributed by atoms with Crippen LogP contribution in [-0.4, -0.2) is 127 Å². The molecule has 2 saturated heterocycles. The highest BCUT2D eigenvalue weighted by Crippen LogP contribution is 2.44. The number of amides is 4. The van der Waals surface area contributed by atoms with Crippen molar-refractivity contribution in [3.8, 4) is 11.4 Å². The molecule has 5 atom stereocenters. The van der Waals surface area contributed by atoms with E-state index in [1.807, 2.05) is 0 Å². The number of carboxylic acids is 1. The lowest BCUT2D eigenvalue weighted by molar-refractivity contribution is -0.157. The lowest BCUT2D eigenvalue weighted by Gasteiger charge is -2.52. The lowest BCUT2D eigenvalue weighted by Crippen LogP contribution is -2.73. The summed E-state index contributed by atoms with van der Waals surface area (Å²) in [7, 11) is 1.62. The molecule has 0 radical (unpaired) electrons. The Labute approximate surface area is 336 Å². The van der Waals surface area contributed by atoms with Crippen LogP contribution in [0.25, 0.3) is 11.4 Å². The van der Waals surface area contributed by atoms with E-state index in [9.17, 15) is 43.8 Å². The van der Waals surface area contributed by atoms with Crippen LogP contribution in [0.4, 0.5) is 5.69 Å². The number of carboxylic acid groups (broad SMARTS) is 1. The third-order valence-electron chi connectivity index (χ3n) is 9.77. The Morgan fingerprint density at radius 3 is 2.41 bits per heavy atom. The number of aliphatic hydroxyl groups excluding tert-OH is 1. The van der Waals surface area contributed by atoms with Crippen LogP contribution in [0.15, 0.2) is 82.0 Å². The van der Waals surface area contributed by atoms with E-state index in [1.165, 1.54) is 47.6 Å². The fraction of sp³-hybridized carbons (Fsp3) is 0.306. The van der Waals surface area contributed by atoms with Crippen molar-refractivity contribution >= 4 is 64.6 Å². The maximum atomic E-state index is 14.3. The van der Waals surface area contributed by atoms with Crippen molar-refractivity contribution in [2.75, 3.05) is 23.0 Å². The summed E-state index contributed by atoms with van der Waals surface area (Å²) >= 11 is 2.31. The van der Waals surface area contributed by atoms with Gasteiger partial charge in [-0.05, 0) is 45.8 Å². The van der Waals surface area contributed by atoms with Crippen LogP contribution in [0, 0.1) is 0 Å². The standard InChI is InChI=1S/C36H35N11O9S2/c1-17(48)45(32(53)25-23(49)12-13-38-25)21-10-8-19(9-11-21)28-39-14-22(29(50)40-28)30(51)46(31(52)24(37)18-6-4-3-5-7-18)27-33(54)47-26(35(55)56)20(15-57-34(27)47)16-58-36-41-42-43-44(36)2/h3-11,14,24-25,27,32,34,38,53H,12-13,15-16,37H2,1-2H3,(H,55,56)(H,39,40,50)/t24?,25-,27?,32?,34-/m0/s1. The number of nitrogens with one attached hydrogen (secondary N) is 2. The molecular formula is C36H35N11O9S2. The maximum absolute atomic E-state index is 14.3. The number of carbonyl (C=O) groups excluding carboxylic acids is 5. The van der Waals surface area contributed by atoms with Gasteiger partial charge in [0.1, 0.15) is 40.6 Å². The Bertz CT molecular complexity index is 2410. The zero-order valence-corrected chi connectivity index (χ0v) is 32.3. The average Bonchev–Trinajstić information content (AvgIpc) is 3.84. The summed E-state index contributed by atoms with van der Waals surface area (Å²) in [4.78, 5) is 103. The molecule has 2 aromatic carbocycles. The first kappa shape index (κ1) is 40.1. The van der Waals surface area contributed by atoms with Crippen molar-refractivity contribution in [1.29, 1.82) is 0 Å². The summed E-state index contributed by atoms with van der Waals surface area (Å²) in [5, 5.41) is 34.6. The van der Waals surface area contributed by atoms with E-state index < -0.39 is 70.4 Å². The quantitative estimate of drug-likeness (QED) is 0.0693. The number of fused-ring (bicyclic) bond motifs is 1. The number of carbonyl (C=O) groups is 6. The van der Waals surface area contributed by atoms with Crippen LogP contribution < -0.4 is 21.5 Å². The van der Waals surface area contributed by atoms with E-state index in [2.05, 4.69) is 30.8 Å². The number of H-pyrrole nitrogens is 1. The Hall–Kier alpha value is -6.07. The fourth-order valence-electron chi connectivity index (χ4n) is 6.86. The molecule has 0 bridgehead atoms. The Morgan fingerprint density at radius 1 is 1.09 bits per heavy atom. The van der Waals surface area contributed by atoms with E-state index in [4.69, 9.17) is 5.73 Å². The van der Waals surface area contributed by atoms with Crippen LogP contribution in [0.2, 0.25) is 0 Å². The van der Waals surface area contributed by atoms with Crippen molar-refractivity contribution in [2.24, 2.45) is 12.8 Å². The first-order valence-corrected chi connectivity index (χ1v) is 19.7. The number of nitrogens with two attached hydrogens (primary N) is 1. The number of thioether (sulfide) groups is 2. The molecule has 58 heavy (non-hydrogen) atoms. The van der Waals surface area contributed by atoms with Gasteiger partial charge in [0.25, 0.3) is 23.3 Å². The van der Waals surface area contributed by atoms with Gasteiger partial charge in [0.2, 0.25) is 11.1 Å². The molecule has 0 spiro atoms. The molecule has 6 N–H and O–H groups in total. The second kappa shape index (κ2) is 16.4. The van der Waals surface area contributed by atoms with Gasteiger partial charge in [-0.1, -0.05) is 42.1 Å². The van der Waals surface area contributed by atoms with Gasteiger partial charge in [-0.25, -0.2) is 14.5 Å². The molecule has 22 heteroatoms. The number of tetrazole rings is 1. The van der Waals surface area contributed by atoms with Crippen molar-refractivity contribution in [1.82, 2.24) is 45.3 Å². The third-order valence-corrected chi connectivity index (χ3v) is 12.2. The molecule has 4 amide bonds. The summed E-state index contributed by atoms with van der Waals surface area (Å²) < 4.78 is 1.41. The fourth-order valence-corrected chi connectivity index (χ4v) is 9.23.